The molecule has 0 amide bonds. The molecule has 0 saturated carbocycles. The molecule has 4 heteroatoms. The Bertz CT molecular complexity index is 149. The summed E-state index contributed by atoms with van der Waals surface area (Å²) < 4.78 is 17.1. The van der Waals surface area contributed by atoms with Crippen LogP contribution < -0.4 is 0 Å². The van der Waals surface area contributed by atoms with E-state index in [0.29, 0.717) is 18.1 Å². The van der Waals surface area contributed by atoms with Crippen molar-refractivity contribution in [1.82, 2.24) is 0 Å². The van der Waals surface area contributed by atoms with E-state index in [0.717, 1.165) is 32.7 Å². The van der Waals surface area contributed by atoms with Gasteiger partial charge in [0.05, 0.1) is 6.23 Å². The molecular formula is C13H30O3Si. The molecule has 0 fully saturated rings. The number of hydrogen-bond acceptors (Lipinski definition) is 3. The summed E-state index contributed by atoms with van der Waals surface area (Å²) in [6.07, 6.45) is 2.87. The van der Waals surface area contributed by atoms with E-state index < -0.39 is 9.28 Å². The zero-order valence-electron chi connectivity index (χ0n) is 12.2. The molecule has 3 nitrogen and oxygen atoms in total. The minimum Gasteiger partial charge on any atom is -0.395 e. The smallest absolute Gasteiger partial charge is 0.348 e. The molecule has 0 heterocycles. The van der Waals surface area contributed by atoms with Crippen molar-refractivity contribution < 1.29 is 13.6 Å². The first-order valence-corrected chi connectivity index (χ1v) is 8.63. The second kappa shape index (κ2) is 11.2. The van der Waals surface area contributed by atoms with Gasteiger partial charge < -0.3 is 13.6 Å². The van der Waals surface area contributed by atoms with Gasteiger partial charge in [-0.1, -0.05) is 27.7 Å². The molecule has 0 aromatic rings. The summed E-state index contributed by atoms with van der Waals surface area (Å²) in [6.45, 7) is 13.2. The van der Waals surface area contributed by atoms with Gasteiger partial charge in [-0.15, -0.1) is 0 Å². The summed E-state index contributed by atoms with van der Waals surface area (Å²) >= 11 is 0. The first-order chi connectivity index (χ1) is 8.06. The second-order valence-electron chi connectivity index (χ2n) is 5.20. The van der Waals surface area contributed by atoms with Crippen LogP contribution in [0.25, 0.3) is 0 Å². The SMILES string of the molecule is CCOC[SiH](OCCC(C)C)OCCC(C)C. The van der Waals surface area contributed by atoms with Gasteiger partial charge in [0.1, 0.15) is 0 Å². The zero-order chi connectivity index (χ0) is 13.1. The van der Waals surface area contributed by atoms with Gasteiger partial charge in [0.15, 0.2) is 0 Å². The van der Waals surface area contributed by atoms with Crippen molar-refractivity contribution >= 4 is 9.28 Å². The van der Waals surface area contributed by atoms with Crippen LogP contribution in [0.15, 0.2) is 0 Å². The highest BCUT2D eigenvalue weighted by Gasteiger charge is 2.14. The highest BCUT2D eigenvalue weighted by Crippen LogP contribution is 2.04. The lowest BCUT2D eigenvalue weighted by Crippen LogP contribution is -2.31. The molecule has 0 saturated heterocycles. The predicted molar refractivity (Wildman–Crippen MR) is 74.5 cm³/mol. The molecule has 0 unspecified atom stereocenters. The Hall–Kier alpha value is 0.0969. The molecule has 0 bridgehead atoms. The van der Waals surface area contributed by atoms with Crippen molar-refractivity contribution in [2.75, 3.05) is 26.1 Å². The Morgan fingerprint density at radius 1 is 0.882 bits per heavy atom. The topological polar surface area (TPSA) is 27.7 Å². The fourth-order valence-corrected chi connectivity index (χ4v) is 2.74. The van der Waals surface area contributed by atoms with Crippen LogP contribution in [0.3, 0.4) is 0 Å². The third-order valence-electron chi connectivity index (χ3n) is 2.46. The molecule has 104 valence electrons. The standard InChI is InChI=1S/C13H30O3Si/c1-6-14-11-17(15-9-7-12(2)3)16-10-8-13(4)5/h12-13,17H,6-11H2,1-5H3. The van der Waals surface area contributed by atoms with Gasteiger partial charge in [0.25, 0.3) is 0 Å². The third kappa shape index (κ3) is 12.3. The zero-order valence-corrected chi connectivity index (χ0v) is 13.4. The molecule has 0 spiro atoms. The van der Waals surface area contributed by atoms with E-state index in [-0.39, 0.29) is 0 Å². The van der Waals surface area contributed by atoms with Gasteiger partial charge in [0, 0.05) is 19.8 Å². The van der Waals surface area contributed by atoms with E-state index in [1.807, 2.05) is 6.92 Å². The summed E-state index contributed by atoms with van der Waals surface area (Å²) in [7, 11) is -1.59. The minimum atomic E-state index is -1.59. The van der Waals surface area contributed by atoms with Crippen LogP contribution in [0.5, 0.6) is 0 Å². The van der Waals surface area contributed by atoms with E-state index in [9.17, 15) is 0 Å². The summed E-state index contributed by atoms with van der Waals surface area (Å²) in [5.41, 5.74) is 0. The molecule has 17 heavy (non-hydrogen) atoms. The van der Waals surface area contributed by atoms with Gasteiger partial charge in [-0.2, -0.15) is 0 Å². The Kier molecular flexibility index (Phi) is 11.3. The van der Waals surface area contributed by atoms with Crippen LogP contribution in [0, 0.1) is 11.8 Å². The fraction of sp³-hybridized carbons (Fsp3) is 1.00. The molecular weight excluding hydrogens is 232 g/mol. The number of hydrogen-bond donors (Lipinski definition) is 0. The molecule has 0 N–H and O–H groups in total. The summed E-state index contributed by atoms with van der Waals surface area (Å²) in [4.78, 5) is 0. The van der Waals surface area contributed by atoms with Crippen molar-refractivity contribution in [2.24, 2.45) is 11.8 Å². The van der Waals surface area contributed by atoms with E-state index in [1.54, 1.807) is 0 Å². The van der Waals surface area contributed by atoms with E-state index in [1.165, 1.54) is 0 Å². The molecule has 0 aromatic carbocycles. The molecule has 0 aliphatic carbocycles. The average Bonchev–Trinajstić information content (AvgIpc) is 2.24. The third-order valence-corrected chi connectivity index (χ3v) is 4.18. The quantitative estimate of drug-likeness (QED) is 0.536. The van der Waals surface area contributed by atoms with E-state index in [2.05, 4.69) is 27.7 Å². The number of rotatable bonds is 11. The predicted octanol–water partition coefficient (Wildman–Crippen LogP) is 2.91. The Morgan fingerprint density at radius 2 is 1.35 bits per heavy atom. The van der Waals surface area contributed by atoms with Crippen molar-refractivity contribution in [3.05, 3.63) is 0 Å². The maximum Gasteiger partial charge on any atom is 0.348 e. The molecule has 0 aliphatic rings. The van der Waals surface area contributed by atoms with Crippen LogP contribution in [0.2, 0.25) is 0 Å². The lowest BCUT2D eigenvalue weighted by molar-refractivity contribution is 0.120. The first-order valence-electron chi connectivity index (χ1n) is 6.87. The molecule has 0 atom stereocenters. The second-order valence-corrected chi connectivity index (χ2v) is 7.05. The largest absolute Gasteiger partial charge is 0.395 e. The van der Waals surface area contributed by atoms with Gasteiger partial charge in [0.2, 0.25) is 0 Å². The van der Waals surface area contributed by atoms with Crippen LogP contribution >= 0.6 is 0 Å². The lowest BCUT2D eigenvalue weighted by atomic mass is 10.2. The van der Waals surface area contributed by atoms with Crippen LogP contribution in [-0.4, -0.2) is 35.3 Å². The lowest BCUT2D eigenvalue weighted by Gasteiger charge is -2.18. The van der Waals surface area contributed by atoms with Gasteiger partial charge in [-0.25, -0.2) is 0 Å². The van der Waals surface area contributed by atoms with Crippen LogP contribution in [-0.2, 0) is 13.6 Å². The Labute approximate surface area is 109 Å². The van der Waals surface area contributed by atoms with Crippen LogP contribution in [0.1, 0.15) is 47.5 Å². The molecule has 0 rings (SSSR count). The van der Waals surface area contributed by atoms with E-state index in [4.69, 9.17) is 13.6 Å². The summed E-state index contributed by atoms with van der Waals surface area (Å²) in [5.74, 6) is 1.37. The van der Waals surface area contributed by atoms with Gasteiger partial charge in [-0.3, -0.25) is 0 Å². The van der Waals surface area contributed by atoms with Gasteiger partial charge in [-0.05, 0) is 31.6 Å². The van der Waals surface area contributed by atoms with E-state index >= 15 is 0 Å². The Morgan fingerprint density at radius 3 is 1.71 bits per heavy atom. The monoisotopic (exact) mass is 262 g/mol. The van der Waals surface area contributed by atoms with Crippen molar-refractivity contribution in [1.29, 1.82) is 0 Å². The average molecular weight is 262 g/mol. The molecule has 0 aromatic heterocycles. The first kappa shape index (κ1) is 17.1. The maximum absolute atomic E-state index is 5.83. The van der Waals surface area contributed by atoms with Crippen molar-refractivity contribution in [2.45, 2.75) is 47.5 Å². The highest BCUT2D eigenvalue weighted by atomic mass is 28.3. The van der Waals surface area contributed by atoms with Crippen molar-refractivity contribution in [3.63, 3.8) is 0 Å². The minimum absolute atomic E-state index is 0.673. The fourth-order valence-electron chi connectivity index (χ4n) is 1.23. The summed E-state index contributed by atoms with van der Waals surface area (Å²) in [5, 5.41) is 0. The number of ether oxygens (including phenoxy) is 1. The summed E-state index contributed by atoms with van der Waals surface area (Å²) in [6, 6.07) is 0. The molecule has 0 aliphatic heterocycles. The normalized spacial score (nSPS) is 12.0. The van der Waals surface area contributed by atoms with Gasteiger partial charge >= 0.3 is 9.28 Å². The van der Waals surface area contributed by atoms with Crippen LogP contribution in [0.4, 0.5) is 0 Å². The maximum atomic E-state index is 5.83. The Balaban J connectivity index is 3.71. The molecule has 0 radical (unpaired) electrons. The van der Waals surface area contributed by atoms with Crippen molar-refractivity contribution in [3.8, 4) is 0 Å². The highest BCUT2D eigenvalue weighted by molar-refractivity contribution is 6.44.